The van der Waals surface area contributed by atoms with Crippen LogP contribution in [-0.2, 0) is 6.18 Å². The number of carbonyl (C=O) groups excluding carboxylic acids is 1. The summed E-state index contributed by atoms with van der Waals surface area (Å²) in [6.45, 7) is 0. The minimum absolute atomic E-state index is 0.428. The number of hydrogen-bond acceptors (Lipinski definition) is 3. The van der Waals surface area contributed by atoms with Gasteiger partial charge in [-0.15, -0.1) is 0 Å². The van der Waals surface area contributed by atoms with E-state index < -0.39 is 28.4 Å². The molecule has 0 aromatic carbocycles. The molecule has 1 aromatic rings. The second kappa shape index (κ2) is 3.45. The Balaban J connectivity index is 3.38. The molecule has 0 radical (unpaired) electrons. The lowest BCUT2D eigenvalue weighted by Crippen LogP contribution is -2.26. The van der Waals surface area contributed by atoms with Crippen LogP contribution in [0.5, 0.6) is 0 Å². The number of halogens is 4. The van der Waals surface area contributed by atoms with Gasteiger partial charge in [0, 0.05) is 11.8 Å². The average molecular weight is 225 g/mol. The lowest BCUT2D eigenvalue weighted by Gasteiger charge is -2.12. The van der Waals surface area contributed by atoms with Crippen LogP contribution in [0.4, 0.5) is 13.2 Å². The molecule has 76 valence electrons. The molecule has 0 aliphatic heterocycles. The van der Waals surface area contributed by atoms with Crippen molar-refractivity contribution in [2.24, 2.45) is 0 Å². The van der Waals surface area contributed by atoms with Crippen LogP contribution >= 0.6 is 11.6 Å². The number of alkyl halides is 3. The summed E-state index contributed by atoms with van der Waals surface area (Å²) in [5, 5.41) is 9.86. The SMILES string of the molecule is O=C([O-])c1cnc(Cl)cc1C(F)(F)F. The monoisotopic (exact) mass is 224 g/mol. The molecule has 0 bridgehead atoms. The maximum Gasteiger partial charge on any atom is 0.417 e. The Labute approximate surface area is 81.1 Å². The molecule has 0 aliphatic carbocycles. The van der Waals surface area contributed by atoms with E-state index in [1.165, 1.54) is 0 Å². The topological polar surface area (TPSA) is 53.0 Å². The van der Waals surface area contributed by atoms with E-state index in [9.17, 15) is 23.1 Å². The van der Waals surface area contributed by atoms with Gasteiger partial charge in [0.2, 0.25) is 0 Å². The van der Waals surface area contributed by atoms with Gasteiger partial charge in [-0.2, -0.15) is 13.2 Å². The molecule has 14 heavy (non-hydrogen) atoms. The first kappa shape index (κ1) is 10.8. The fourth-order valence-electron chi connectivity index (χ4n) is 0.827. The van der Waals surface area contributed by atoms with Crippen LogP contribution in [0.15, 0.2) is 12.3 Å². The molecule has 0 unspecified atom stereocenters. The summed E-state index contributed by atoms with van der Waals surface area (Å²) in [5.41, 5.74) is -2.39. The standard InChI is InChI=1S/C7H3ClF3NO2/c8-5-1-4(7(9,10)11)3(2-12-5)6(13)14/h1-2H,(H,13,14)/p-1. The van der Waals surface area contributed by atoms with Crippen LogP contribution < -0.4 is 5.11 Å². The first-order chi connectivity index (χ1) is 6.32. The van der Waals surface area contributed by atoms with Crippen molar-refractivity contribution in [2.45, 2.75) is 6.18 Å². The van der Waals surface area contributed by atoms with Gasteiger partial charge in [-0.1, -0.05) is 11.6 Å². The van der Waals surface area contributed by atoms with E-state index in [1.54, 1.807) is 0 Å². The predicted octanol–water partition coefficient (Wildman–Crippen LogP) is 1.12. The molecule has 7 heteroatoms. The molecule has 0 saturated carbocycles. The number of carboxylic acid groups (broad SMARTS) is 1. The van der Waals surface area contributed by atoms with Crippen molar-refractivity contribution < 1.29 is 23.1 Å². The summed E-state index contributed by atoms with van der Waals surface area (Å²) in [7, 11) is 0. The first-order valence-corrected chi connectivity index (χ1v) is 3.64. The molecule has 0 aliphatic rings. The van der Waals surface area contributed by atoms with Gasteiger partial charge in [-0.3, -0.25) is 0 Å². The highest BCUT2D eigenvalue weighted by Gasteiger charge is 2.34. The fraction of sp³-hybridized carbons (Fsp3) is 0.143. The van der Waals surface area contributed by atoms with Gasteiger partial charge >= 0.3 is 6.18 Å². The predicted molar refractivity (Wildman–Crippen MR) is 38.6 cm³/mol. The normalized spacial score (nSPS) is 11.4. The summed E-state index contributed by atoms with van der Waals surface area (Å²) in [6.07, 6.45) is -4.28. The summed E-state index contributed by atoms with van der Waals surface area (Å²) in [4.78, 5) is 13.5. The molecule has 3 nitrogen and oxygen atoms in total. The van der Waals surface area contributed by atoms with Gasteiger partial charge in [-0.25, -0.2) is 4.98 Å². The molecule has 1 aromatic heterocycles. The third-order valence-corrected chi connectivity index (χ3v) is 1.60. The van der Waals surface area contributed by atoms with Crippen molar-refractivity contribution in [1.82, 2.24) is 4.98 Å². The highest BCUT2D eigenvalue weighted by molar-refractivity contribution is 6.29. The van der Waals surface area contributed by atoms with Gasteiger partial charge in [0.05, 0.1) is 11.5 Å². The molecular weight excluding hydrogens is 223 g/mol. The number of nitrogens with zero attached hydrogens (tertiary/aromatic N) is 1. The zero-order chi connectivity index (χ0) is 10.9. The van der Waals surface area contributed by atoms with Crippen molar-refractivity contribution in [3.05, 3.63) is 28.5 Å². The van der Waals surface area contributed by atoms with Crippen molar-refractivity contribution in [3.8, 4) is 0 Å². The highest BCUT2D eigenvalue weighted by Crippen LogP contribution is 2.32. The fourth-order valence-corrected chi connectivity index (χ4v) is 0.985. The van der Waals surface area contributed by atoms with E-state index in [0.717, 1.165) is 0 Å². The number of aromatic carboxylic acids is 1. The minimum Gasteiger partial charge on any atom is -0.545 e. The highest BCUT2D eigenvalue weighted by atomic mass is 35.5. The molecule has 1 heterocycles. The molecule has 0 fully saturated rings. The van der Waals surface area contributed by atoms with Gasteiger partial charge in [0.25, 0.3) is 0 Å². The molecule has 0 amide bonds. The second-order valence-electron chi connectivity index (χ2n) is 2.34. The Hall–Kier alpha value is -1.30. The maximum absolute atomic E-state index is 12.2. The Kier molecular flexibility index (Phi) is 2.66. The van der Waals surface area contributed by atoms with E-state index in [0.29, 0.717) is 12.3 Å². The van der Waals surface area contributed by atoms with Gasteiger partial charge in [-0.05, 0) is 6.07 Å². The largest absolute Gasteiger partial charge is 0.545 e. The third-order valence-electron chi connectivity index (χ3n) is 1.40. The summed E-state index contributed by atoms with van der Waals surface area (Å²) >= 11 is 5.20. The van der Waals surface area contributed by atoms with Crippen LogP contribution in [0.2, 0.25) is 5.15 Å². The Morgan fingerprint density at radius 2 is 2.07 bits per heavy atom. The van der Waals surface area contributed by atoms with E-state index in [2.05, 4.69) is 4.98 Å². The first-order valence-electron chi connectivity index (χ1n) is 3.26. The van der Waals surface area contributed by atoms with Crippen LogP contribution in [0, 0.1) is 0 Å². The zero-order valence-electron chi connectivity index (χ0n) is 6.43. The third kappa shape index (κ3) is 2.14. The quantitative estimate of drug-likeness (QED) is 0.672. The Bertz CT molecular complexity index is 378. The number of pyridine rings is 1. The van der Waals surface area contributed by atoms with E-state index in [1.807, 2.05) is 0 Å². The lowest BCUT2D eigenvalue weighted by molar-refractivity contribution is -0.255. The van der Waals surface area contributed by atoms with E-state index in [-0.39, 0.29) is 0 Å². The van der Waals surface area contributed by atoms with Gasteiger partial charge in [0.15, 0.2) is 0 Å². The van der Waals surface area contributed by atoms with E-state index in [4.69, 9.17) is 11.6 Å². The van der Waals surface area contributed by atoms with Gasteiger partial charge < -0.3 is 9.90 Å². The smallest absolute Gasteiger partial charge is 0.417 e. The summed E-state index contributed by atoms with van der Waals surface area (Å²) < 4.78 is 36.6. The Morgan fingerprint density at radius 1 is 1.50 bits per heavy atom. The maximum atomic E-state index is 12.2. The van der Waals surface area contributed by atoms with Crippen LogP contribution in [0.1, 0.15) is 15.9 Å². The number of carbonyl (C=O) groups is 1. The molecular formula is C7H2ClF3NO2-. The van der Waals surface area contributed by atoms with Crippen LogP contribution in [0.3, 0.4) is 0 Å². The zero-order valence-corrected chi connectivity index (χ0v) is 7.19. The van der Waals surface area contributed by atoms with Crippen molar-refractivity contribution in [3.63, 3.8) is 0 Å². The minimum atomic E-state index is -4.79. The van der Waals surface area contributed by atoms with Crippen molar-refractivity contribution in [1.29, 1.82) is 0 Å². The summed E-state index contributed by atoms with van der Waals surface area (Å²) in [6, 6.07) is 0.437. The average Bonchev–Trinajstić information content (AvgIpc) is 2.01. The number of aromatic nitrogens is 1. The van der Waals surface area contributed by atoms with Crippen LogP contribution in [0.25, 0.3) is 0 Å². The molecule has 1 rings (SSSR count). The van der Waals surface area contributed by atoms with Crippen molar-refractivity contribution >= 4 is 17.6 Å². The molecule has 0 N–H and O–H groups in total. The molecule has 0 atom stereocenters. The van der Waals surface area contributed by atoms with Gasteiger partial charge in [0.1, 0.15) is 5.15 Å². The summed E-state index contributed by atoms with van der Waals surface area (Å²) in [5.74, 6) is -1.94. The number of carboxylic acids is 1. The number of hydrogen-bond donors (Lipinski definition) is 0. The molecule has 0 spiro atoms. The van der Waals surface area contributed by atoms with E-state index >= 15 is 0 Å². The van der Waals surface area contributed by atoms with Crippen LogP contribution in [-0.4, -0.2) is 11.0 Å². The second-order valence-corrected chi connectivity index (χ2v) is 2.73. The number of rotatable bonds is 1. The lowest BCUT2D eigenvalue weighted by atomic mass is 10.1. The Morgan fingerprint density at radius 3 is 2.50 bits per heavy atom. The molecule has 0 saturated heterocycles. The van der Waals surface area contributed by atoms with Crippen molar-refractivity contribution in [2.75, 3.05) is 0 Å².